The van der Waals surface area contributed by atoms with Crippen molar-refractivity contribution in [1.29, 1.82) is 0 Å². The van der Waals surface area contributed by atoms with E-state index < -0.39 is 0 Å². The van der Waals surface area contributed by atoms with E-state index in [-0.39, 0.29) is 17.5 Å². The lowest BCUT2D eigenvalue weighted by molar-refractivity contribution is -0.124. The fraction of sp³-hybridized carbons (Fsp3) is 0.933. The molecule has 18 heavy (non-hydrogen) atoms. The molecule has 1 rings (SSSR count). The van der Waals surface area contributed by atoms with Gasteiger partial charge in [0.1, 0.15) is 0 Å². The molecule has 2 N–H and O–H groups in total. The van der Waals surface area contributed by atoms with Crippen LogP contribution in [0.3, 0.4) is 0 Å². The maximum absolute atomic E-state index is 12.1. The van der Waals surface area contributed by atoms with E-state index in [0.29, 0.717) is 6.04 Å². The van der Waals surface area contributed by atoms with Crippen molar-refractivity contribution < 1.29 is 4.79 Å². The molecule has 1 amide bonds. The number of amides is 1. The molecule has 0 saturated heterocycles. The topological polar surface area (TPSA) is 41.1 Å². The van der Waals surface area contributed by atoms with Crippen molar-refractivity contribution in [3.8, 4) is 0 Å². The van der Waals surface area contributed by atoms with Gasteiger partial charge in [0, 0.05) is 11.6 Å². The molecule has 0 aromatic carbocycles. The standard InChI is InChI=1S/C15H30N2O/c1-6-15(4,5)17-14(18)12(3)16-13-9-7-11(2)8-10-13/h11-13,16H,6-10H2,1-5H3,(H,17,18). The van der Waals surface area contributed by atoms with Crippen molar-refractivity contribution in [2.45, 2.75) is 84.3 Å². The summed E-state index contributed by atoms with van der Waals surface area (Å²) in [6.07, 6.45) is 5.93. The minimum absolute atomic E-state index is 0.0887. The van der Waals surface area contributed by atoms with Crippen LogP contribution in [0.25, 0.3) is 0 Å². The maximum Gasteiger partial charge on any atom is 0.237 e. The Morgan fingerprint density at radius 2 is 1.83 bits per heavy atom. The SMILES string of the molecule is CCC(C)(C)NC(=O)C(C)NC1CCC(C)CC1. The fourth-order valence-corrected chi connectivity index (χ4v) is 2.39. The molecular formula is C15H30N2O. The van der Waals surface area contributed by atoms with E-state index in [1.54, 1.807) is 0 Å². The monoisotopic (exact) mass is 254 g/mol. The lowest BCUT2D eigenvalue weighted by atomic mass is 9.87. The molecule has 0 heterocycles. The first-order valence-corrected chi connectivity index (χ1v) is 7.42. The highest BCUT2D eigenvalue weighted by molar-refractivity contribution is 5.82. The molecule has 0 aromatic rings. The molecule has 3 heteroatoms. The van der Waals surface area contributed by atoms with Crippen LogP contribution in [0.2, 0.25) is 0 Å². The van der Waals surface area contributed by atoms with E-state index in [1.807, 2.05) is 6.92 Å². The normalized spacial score (nSPS) is 26.7. The molecular weight excluding hydrogens is 224 g/mol. The van der Waals surface area contributed by atoms with Crippen LogP contribution in [-0.4, -0.2) is 23.5 Å². The number of hydrogen-bond donors (Lipinski definition) is 2. The van der Waals surface area contributed by atoms with E-state index in [2.05, 4.69) is 38.3 Å². The first-order chi connectivity index (χ1) is 8.34. The molecule has 1 unspecified atom stereocenters. The van der Waals surface area contributed by atoms with Gasteiger partial charge >= 0.3 is 0 Å². The second-order valence-corrected chi connectivity index (χ2v) is 6.57. The molecule has 0 aliphatic heterocycles. The smallest absolute Gasteiger partial charge is 0.237 e. The molecule has 1 aliphatic carbocycles. The van der Waals surface area contributed by atoms with Crippen molar-refractivity contribution in [1.82, 2.24) is 10.6 Å². The minimum Gasteiger partial charge on any atom is -0.350 e. The van der Waals surface area contributed by atoms with Gasteiger partial charge in [-0.2, -0.15) is 0 Å². The van der Waals surface area contributed by atoms with Crippen molar-refractivity contribution in [2.75, 3.05) is 0 Å². The van der Waals surface area contributed by atoms with Crippen LogP contribution in [0.15, 0.2) is 0 Å². The Kier molecular flexibility index (Phi) is 5.64. The zero-order valence-electron chi connectivity index (χ0n) is 12.7. The lowest BCUT2D eigenvalue weighted by Gasteiger charge is -2.31. The summed E-state index contributed by atoms with van der Waals surface area (Å²) in [5.41, 5.74) is -0.103. The Morgan fingerprint density at radius 3 is 2.33 bits per heavy atom. The molecule has 1 saturated carbocycles. The van der Waals surface area contributed by atoms with Gasteiger partial charge < -0.3 is 10.6 Å². The van der Waals surface area contributed by atoms with Crippen molar-refractivity contribution in [3.63, 3.8) is 0 Å². The Morgan fingerprint density at radius 1 is 1.28 bits per heavy atom. The van der Waals surface area contributed by atoms with E-state index >= 15 is 0 Å². The summed E-state index contributed by atoms with van der Waals surface area (Å²) in [5.74, 6) is 0.978. The van der Waals surface area contributed by atoms with E-state index in [4.69, 9.17) is 0 Å². The predicted octanol–water partition coefficient (Wildman–Crippen LogP) is 2.85. The van der Waals surface area contributed by atoms with Crippen molar-refractivity contribution in [3.05, 3.63) is 0 Å². The lowest BCUT2D eigenvalue weighted by Crippen LogP contribution is -2.53. The number of carbonyl (C=O) groups is 1. The van der Waals surface area contributed by atoms with Gasteiger partial charge in [-0.05, 0) is 58.8 Å². The zero-order valence-corrected chi connectivity index (χ0v) is 12.7. The summed E-state index contributed by atoms with van der Waals surface area (Å²) in [4.78, 5) is 12.1. The van der Waals surface area contributed by atoms with Crippen LogP contribution in [0.1, 0.15) is 66.7 Å². The van der Waals surface area contributed by atoms with Crippen molar-refractivity contribution >= 4 is 5.91 Å². The molecule has 0 bridgehead atoms. The molecule has 0 spiro atoms. The molecule has 0 radical (unpaired) electrons. The minimum atomic E-state index is -0.103. The predicted molar refractivity (Wildman–Crippen MR) is 76.5 cm³/mol. The van der Waals surface area contributed by atoms with Gasteiger partial charge in [-0.15, -0.1) is 0 Å². The molecule has 1 fully saturated rings. The fourth-order valence-electron chi connectivity index (χ4n) is 2.39. The van der Waals surface area contributed by atoms with Crippen LogP contribution >= 0.6 is 0 Å². The largest absolute Gasteiger partial charge is 0.350 e. The number of rotatable bonds is 5. The van der Waals surface area contributed by atoms with Gasteiger partial charge in [0.2, 0.25) is 5.91 Å². The second-order valence-electron chi connectivity index (χ2n) is 6.57. The zero-order chi connectivity index (χ0) is 13.8. The Balaban J connectivity index is 2.36. The van der Waals surface area contributed by atoms with E-state index in [0.717, 1.165) is 12.3 Å². The second kappa shape index (κ2) is 6.55. The Labute approximate surface area is 112 Å². The third-order valence-corrected chi connectivity index (χ3v) is 4.24. The summed E-state index contributed by atoms with van der Waals surface area (Å²) in [6.45, 7) is 10.5. The third kappa shape index (κ3) is 4.97. The average molecular weight is 254 g/mol. The number of nitrogens with one attached hydrogen (secondary N) is 2. The Bertz CT molecular complexity index is 268. The van der Waals surface area contributed by atoms with Gasteiger partial charge in [0.25, 0.3) is 0 Å². The first kappa shape index (κ1) is 15.5. The van der Waals surface area contributed by atoms with Crippen LogP contribution in [0.4, 0.5) is 0 Å². The molecule has 1 aliphatic rings. The van der Waals surface area contributed by atoms with Gasteiger partial charge in [0.15, 0.2) is 0 Å². The summed E-state index contributed by atoms with van der Waals surface area (Å²) in [5, 5.41) is 6.58. The summed E-state index contributed by atoms with van der Waals surface area (Å²) < 4.78 is 0. The van der Waals surface area contributed by atoms with Crippen LogP contribution in [-0.2, 0) is 4.79 Å². The summed E-state index contributed by atoms with van der Waals surface area (Å²) >= 11 is 0. The van der Waals surface area contributed by atoms with E-state index in [9.17, 15) is 4.79 Å². The van der Waals surface area contributed by atoms with Crippen LogP contribution < -0.4 is 10.6 Å². The van der Waals surface area contributed by atoms with E-state index in [1.165, 1.54) is 25.7 Å². The summed E-state index contributed by atoms with van der Waals surface area (Å²) in [6, 6.07) is 0.431. The van der Waals surface area contributed by atoms with Gasteiger partial charge in [0.05, 0.1) is 6.04 Å². The molecule has 106 valence electrons. The number of hydrogen-bond acceptors (Lipinski definition) is 2. The highest BCUT2D eigenvalue weighted by Crippen LogP contribution is 2.23. The van der Waals surface area contributed by atoms with Gasteiger partial charge in [-0.3, -0.25) is 4.79 Å². The third-order valence-electron chi connectivity index (χ3n) is 4.24. The quantitative estimate of drug-likeness (QED) is 0.792. The molecule has 3 nitrogen and oxygen atoms in total. The highest BCUT2D eigenvalue weighted by atomic mass is 16.2. The molecule has 0 aromatic heterocycles. The highest BCUT2D eigenvalue weighted by Gasteiger charge is 2.25. The van der Waals surface area contributed by atoms with Crippen LogP contribution in [0, 0.1) is 5.92 Å². The summed E-state index contributed by atoms with van der Waals surface area (Å²) in [7, 11) is 0. The number of carbonyl (C=O) groups excluding carboxylic acids is 1. The van der Waals surface area contributed by atoms with Crippen molar-refractivity contribution in [2.24, 2.45) is 5.92 Å². The van der Waals surface area contributed by atoms with Crippen LogP contribution in [0.5, 0.6) is 0 Å². The Hall–Kier alpha value is -0.570. The molecule has 1 atom stereocenters. The van der Waals surface area contributed by atoms with Gasteiger partial charge in [-0.1, -0.05) is 13.8 Å². The van der Waals surface area contributed by atoms with Gasteiger partial charge in [-0.25, -0.2) is 0 Å². The average Bonchev–Trinajstić information content (AvgIpc) is 2.31. The first-order valence-electron chi connectivity index (χ1n) is 7.42. The maximum atomic E-state index is 12.1.